The van der Waals surface area contributed by atoms with Crippen LogP contribution in [0.4, 0.5) is 0 Å². The molecule has 1 aromatic heterocycles. The van der Waals surface area contributed by atoms with Crippen molar-refractivity contribution in [2.24, 2.45) is 5.92 Å². The fourth-order valence-corrected chi connectivity index (χ4v) is 5.10. The molecule has 0 aliphatic carbocycles. The van der Waals surface area contributed by atoms with Crippen molar-refractivity contribution in [2.75, 3.05) is 20.1 Å². The third kappa shape index (κ3) is 3.17. The smallest absolute Gasteiger partial charge is 0.246 e. The summed E-state index contributed by atoms with van der Waals surface area (Å²) >= 11 is 0. The van der Waals surface area contributed by atoms with Gasteiger partial charge in [0.15, 0.2) is 0 Å². The van der Waals surface area contributed by atoms with E-state index in [1.165, 1.54) is 0 Å². The molecule has 1 aliphatic heterocycles. The number of nitrogens with one attached hydrogen (secondary N) is 1. The number of nitrogens with zero attached hydrogens (tertiary/aromatic N) is 1. The molecular weight excluding hydrogens is 288 g/mol. The Balaban J connectivity index is 2.39. The van der Waals surface area contributed by atoms with Gasteiger partial charge in [0.2, 0.25) is 10.0 Å². The van der Waals surface area contributed by atoms with Gasteiger partial charge < -0.3 is 9.73 Å². The second-order valence-corrected chi connectivity index (χ2v) is 7.71. The Morgan fingerprint density at radius 3 is 2.67 bits per heavy atom. The van der Waals surface area contributed by atoms with Crippen molar-refractivity contribution in [3.8, 4) is 0 Å². The predicted octanol–water partition coefficient (Wildman–Crippen LogP) is 2.43. The lowest BCUT2D eigenvalue weighted by Gasteiger charge is -2.31. The predicted molar refractivity (Wildman–Crippen MR) is 82.7 cm³/mol. The lowest BCUT2D eigenvalue weighted by Crippen LogP contribution is -2.40. The molecule has 0 saturated carbocycles. The van der Waals surface area contributed by atoms with Gasteiger partial charge in [-0.25, -0.2) is 8.42 Å². The molecule has 120 valence electrons. The van der Waals surface area contributed by atoms with Crippen molar-refractivity contribution in [1.29, 1.82) is 0 Å². The molecule has 1 N–H and O–H groups in total. The largest absolute Gasteiger partial charge is 0.465 e. The molecule has 21 heavy (non-hydrogen) atoms. The van der Waals surface area contributed by atoms with E-state index in [4.69, 9.17) is 4.42 Å². The Morgan fingerprint density at radius 1 is 1.33 bits per heavy atom. The zero-order chi connectivity index (χ0) is 15.6. The molecule has 1 saturated heterocycles. The van der Waals surface area contributed by atoms with Gasteiger partial charge in [-0.1, -0.05) is 13.3 Å². The number of furan rings is 1. The minimum absolute atomic E-state index is 0.367. The van der Waals surface area contributed by atoms with Crippen LogP contribution in [0.1, 0.15) is 43.3 Å². The Kier molecular flexibility index (Phi) is 5.11. The lowest BCUT2D eigenvalue weighted by atomic mass is 9.97. The van der Waals surface area contributed by atoms with Gasteiger partial charge in [-0.2, -0.15) is 4.31 Å². The van der Waals surface area contributed by atoms with Crippen LogP contribution in [0.2, 0.25) is 0 Å². The zero-order valence-electron chi connectivity index (χ0n) is 13.4. The van der Waals surface area contributed by atoms with Crippen LogP contribution in [0.3, 0.4) is 0 Å². The number of piperidine rings is 1. The summed E-state index contributed by atoms with van der Waals surface area (Å²) < 4.78 is 33.3. The molecule has 0 radical (unpaired) electrons. The van der Waals surface area contributed by atoms with Gasteiger partial charge in [-0.05, 0) is 39.7 Å². The summed E-state index contributed by atoms with van der Waals surface area (Å²) in [4.78, 5) is 0.367. The van der Waals surface area contributed by atoms with Gasteiger partial charge in [0.05, 0.1) is 0 Å². The van der Waals surface area contributed by atoms with Gasteiger partial charge in [0, 0.05) is 25.2 Å². The molecule has 1 aliphatic rings. The molecule has 0 bridgehead atoms. The van der Waals surface area contributed by atoms with Crippen LogP contribution < -0.4 is 5.32 Å². The number of hydrogen-bond acceptors (Lipinski definition) is 4. The monoisotopic (exact) mass is 314 g/mol. The summed E-state index contributed by atoms with van der Waals surface area (Å²) in [7, 11) is -1.66. The molecular formula is C15H26N2O3S. The first-order chi connectivity index (χ1) is 9.91. The molecule has 5 nitrogen and oxygen atoms in total. The molecule has 0 spiro atoms. The Labute approximate surface area is 127 Å². The normalized spacial score (nSPS) is 20.9. The van der Waals surface area contributed by atoms with Crippen LogP contribution >= 0.6 is 0 Å². The van der Waals surface area contributed by atoms with Crippen molar-refractivity contribution in [2.45, 2.75) is 51.5 Å². The van der Waals surface area contributed by atoms with Gasteiger partial charge >= 0.3 is 0 Å². The highest BCUT2D eigenvalue weighted by atomic mass is 32.2. The van der Waals surface area contributed by atoms with Crippen LogP contribution in [0.25, 0.3) is 0 Å². The summed E-state index contributed by atoms with van der Waals surface area (Å²) in [5, 5.41) is 3.03. The van der Waals surface area contributed by atoms with E-state index in [-0.39, 0.29) is 0 Å². The number of sulfonamides is 1. The Bertz CT molecular complexity index is 592. The number of hydrogen-bond donors (Lipinski definition) is 1. The van der Waals surface area contributed by atoms with Gasteiger partial charge in [-0.3, -0.25) is 0 Å². The SMILES string of the molecule is CCC1CCCN(S(=O)(=O)c2c(C)oc(C)c2CNC)C1. The summed E-state index contributed by atoms with van der Waals surface area (Å²) in [6.07, 6.45) is 3.09. The second-order valence-electron chi connectivity index (χ2n) is 5.83. The Hall–Kier alpha value is -0.850. The highest BCUT2D eigenvalue weighted by Crippen LogP contribution is 2.32. The van der Waals surface area contributed by atoms with E-state index >= 15 is 0 Å². The van der Waals surface area contributed by atoms with Gasteiger partial charge in [-0.15, -0.1) is 0 Å². The van der Waals surface area contributed by atoms with Crippen molar-refractivity contribution in [3.05, 3.63) is 17.1 Å². The molecule has 1 atom stereocenters. The van der Waals surface area contributed by atoms with Gasteiger partial charge in [0.1, 0.15) is 16.4 Å². The summed E-state index contributed by atoms with van der Waals surface area (Å²) in [5.74, 6) is 1.65. The van der Waals surface area contributed by atoms with Crippen LogP contribution in [-0.2, 0) is 16.6 Å². The molecule has 2 heterocycles. The topological polar surface area (TPSA) is 62.6 Å². The minimum Gasteiger partial charge on any atom is -0.465 e. The average Bonchev–Trinajstić information content (AvgIpc) is 2.74. The van der Waals surface area contributed by atoms with Crippen molar-refractivity contribution in [3.63, 3.8) is 0 Å². The van der Waals surface area contributed by atoms with Crippen LogP contribution in [0.15, 0.2) is 9.31 Å². The molecule has 0 aromatic carbocycles. The molecule has 1 fully saturated rings. The quantitative estimate of drug-likeness (QED) is 0.906. The van der Waals surface area contributed by atoms with E-state index in [1.807, 2.05) is 14.0 Å². The standard InChI is InChI=1S/C15H26N2O3S/c1-5-13-7-6-8-17(10-13)21(18,19)15-12(3)20-11(2)14(15)9-16-4/h13,16H,5-10H2,1-4H3. The second kappa shape index (κ2) is 6.50. The fraction of sp³-hybridized carbons (Fsp3) is 0.733. The Morgan fingerprint density at radius 2 is 2.05 bits per heavy atom. The third-order valence-electron chi connectivity index (χ3n) is 4.34. The molecule has 6 heteroatoms. The van der Waals surface area contributed by atoms with E-state index in [0.29, 0.717) is 42.0 Å². The van der Waals surface area contributed by atoms with Crippen molar-refractivity contribution < 1.29 is 12.8 Å². The van der Waals surface area contributed by atoms with Crippen LogP contribution in [0.5, 0.6) is 0 Å². The summed E-state index contributed by atoms with van der Waals surface area (Å²) in [6, 6.07) is 0. The van der Waals surface area contributed by atoms with Gasteiger partial charge in [0.25, 0.3) is 0 Å². The summed E-state index contributed by atoms with van der Waals surface area (Å²) in [6.45, 7) is 7.43. The molecule has 0 amide bonds. The van der Waals surface area contributed by atoms with E-state index < -0.39 is 10.0 Å². The van der Waals surface area contributed by atoms with Crippen molar-refractivity contribution >= 4 is 10.0 Å². The van der Waals surface area contributed by atoms with Crippen LogP contribution in [0, 0.1) is 19.8 Å². The first-order valence-electron chi connectivity index (χ1n) is 7.65. The van der Waals surface area contributed by atoms with E-state index in [2.05, 4.69) is 12.2 Å². The molecule has 1 unspecified atom stereocenters. The average molecular weight is 314 g/mol. The highest BCUT2D eigenvalue weighted by Gasteiger charge is 2.34. The lowest BCUT2D eigenvalue weighted by molar-refractivity contribution is 0.261. The van der Waals surface area contributed by atoms with Crippen LogP contribution in [-0.4, -0.2) is 32.9 Å². The highest BCUT2D eigenvalue weighted by molar-refractivity contribution is 7.89. The first kappa shape index (κ1) is 16.5. The maximum Gasteiger partial charge on any atom is 0.246 e. The van der Waals surface area contributed by atoms with E-state index in [0.717, 1.165) is 24.8 Å². The van der Waals surface area contributed by atoms with E-state index in [1.54, 1.807) is 11.2 Å². The molecule has 1 aromatic rings. The van der Waals surface area contributed by atoms with Crippen molar-refractivity contribution in [1.82, 2.24) is 9.62 Å². The number of rotatable bonds is 5. The fourth-order valence-electron chi connectivity index (χ4n) is 3.14. The molecule has 2 rings (SSSR count). The maximum absolute atomic E-state index is 13.0. The zero-order valence-corrected chi connectivity index (χ0v) is 14.2. The maximum atomic E-state index is 13.0. The number of aryl methyl sites for hydroxylation is 2. The summed E-state index contributed by atoms with van der Waals surface area (Å²) in [5.41, 5.74) is 0.758. The first-order valence-corrected chi connectivity index (χ1v) is 9.09. The minimum atomic E-state index is -3.47. The van der Waals surface area contributed by atoms with E-state index in [9.17, 15) is 8.42 Å². The third-order valence-corrected chi connectivity index (χ3v) is 6.40.